The number of hydrogen-bond acceptors (Lipinski definition) is 2. The lowest BCUT2D eigenvalue weighted by molar-refractivity contribution is -0.137. The fraction of sp³-hybridized carbons (Fsp3) is 0.0435. The molecule has 140 valence electrons. The number of rotatable bonds is 0. The van der Waals surface area contributed by atoms with E-state index in [0.29, 0.717) is 11.0 Å². The molecule has 0 aliphatic carbocycles. The zero-order valence-electron chi connectivity index (χ0n) is 14.7. The number of nitrogens with zero attached hydrogens (tertiary/aromatic N) is 1. The molecular formula is C23H10F3NO2. The number of fused-ring (bicyclic) bond motifs is 2. The smallest absolute Gasteiger partial charge is 0.307 e. The molecule has 0 spiro atoms. The van der Waals surface area contributed by atoms with Gasteiger partial charge in [-0.1, -0.05) is 36.4 Å². The lowest BCUT2D eigenvalue weighted by Crippen LogP contribution is -2.15. The van der Waals surface area contributed by atoms with E-state index < -0.39 is 22.6 Å². The predicted octanol–water partition coefficient (Wildman–Crippen LogP) is 5.17. The Labute approximate surface area is 159 Å². The van der Waals surface area contributed by atoms with E-state index in [-0.39, 0.29) is 16.3 Å². The molecule has 6 rings (SSSR count). The zero-order valence-corrected chi connectivity index (χ0v) is 14.7. The van der Waals surface area contributed by atoms with Crippen molar-refractivity contribution in [1.82, 2.24) is 4.40 Å². The molecule has 0 saturated heterocycles. The Morgan fingerprint density at radius 3 is 1.69 bits per heavy atom. The Morgan fingerprint density at radius 1 is 0.690 bits per heavy atom. The molecule has 0 bridgehead atoms. The maximum absolute atomic E-state index is 13.4. The van der Waals surface area contributed by atoms with Gasteiger partial charge in [0, 0.05) is 39.1 Å². The van der Waals surface area contributed by atoms with Gasteiger partial charge in [0.05, 0.1) is 22.1 Å². The molecular weight excluding hydrogens is 379 g/mol. The summed E-state index contributed by atoms with van der Waals surface area (Å²) in [4.78, 5) is 25.7. The molecule has 0 radical (unpaired) electrons. The maximum Gasteiger partial charge on any atom is 0.416 e. The first-order valence-electron chi connectivity index (χ1n) is 8.94. The molecule has 3 heterocycles. The van der Waals surface area contributed by atoms with Crippen LogP contribution >= 0.6 is 0 Å². The molecule has 0 unspecified atom stereocenters. The fourth-order valence-electron chi connectivity index (χ4n) is 4.48. The summed E-state index contributed by atoms with van der Waals surface area (Å²) in [6.45, 7) is 0. The number of pyridine rings is 3. The summed E-state index contributed by atoms with van der Waals surface area (Å²) in [6, 6.07) is 15.8. The Balaban J connectivity index is 2.03. The van der Waals surface area contributed by atoms with E-state index in [4.69, 9.17) is 0 Å². The van der Waals surface area contributed by atoms with Crippen LogP contribution in [0.3, 0.4) is 0 Å². The van der Waals surface area contributed by atoms with Gasteiger partial charge >= 0.3 is 6.18 Å². The average Bonchev–Trinajstić information content (AvgIpc) is 2.69. The number of hydrogen-bond donors (Lipinski definition) is 0. The Bertz CT molecular complexity index is 1620. The van der Waals surface area contributed by atoms with Crippen molar-refractivity contribution in [3.8, 4) is 0 Å². The standard InChI is InChI=1S/C23H10F3NO2/c24-23(25,26)12-7-15-19(28)9-17-13-5-1-3-11-4-2-6-14(21(11)13)18-10-20(29)16(8-12)22(15)27(17)18/h1-10H. The van der Waals surface area contributed by atoms with E-state index in [1.165, 1.54) is 12.1 Å². The lowest BCUT2D eigenvalue weighted by atomic mass is 9.96. The van der Waals surface area contributed by atoms with Crippen molar-refractivity contribution < 1.29 is 13.2 Å². The van der Waals surface area contributed by atoms with Gasteiger partial charge in [0.2, 0.25) is 0 Å². The fourth-order valence-corrected chi connectivity index (χ4v) is 4.48. The van der Waals surface area contributed by atoms with Crippen LogP contribution in [0.2, 0.25) is 0 Å². The largest absolute Gasteiger partial charge is 0.416 e. The van der Waals surface area contributed by atoms with Gasteiger partial charge in [-0.05, 0) is 17.5 Å². The van der Waals surface area contributed by atoms with Gasteiger partial charge < -0.3 is 4.40 Å². The lowest BCUT2D eigenvalue weighted by Gasteiger charge is -2.18. The Morgan fingerprint density at radius 2 is 1.21 bits per heavy atom. The highest BCUT2D eigenvalue weighted by molar-refractivity contribution is 6.22. The van der Waals surface area contributed by atoms with Crippen molar-refractivity contribution in [2.24, 2.45) is 0 Å². The minimum atomic E-state index is -4.65. The van der Waals surface area contributed by atoms with Crippen molar-refractivity contribution in [3.63, 3.8) is 0 Å². The molecule has 0 saturated carbocycles. The topological polar surface area (TPSA) is 38.5 Å². The number of aromatic nitrogens is 1. The van der Waals surface area contributed by atoms with E-state index in [9.17, 15) is 22.8 Å². The molecule has 3 nitrogen and oxygen atoms in total. The molecule has 3 aromatic carbocycles. The molecule has 0 aliphatic heterocycles. The molecule has 6 heteroatoms. The van der Waals surface area contributed by atoms with Gasteiger partial charge in [0.25, 0.3) is 0 Å². The van der Waals surface area contributed by atoms with Crippen molar-refractivity contribution in [1.29, 1.82) is 0 Å². The first-order chi connectivity index (χ1) is 13.8. The van der Waals surface area contributed by atoms with Crippen LogP contribution < -0.4 is 10.9 Å². The van der Waals surface area contributed by atoms with Crippen molar-refractivity contribution in [2.75, 3.05) is 0 Å². The highest BCUT2D eigenvalue weighted by Crippen LogP contribution is 2.37. The molecule has 29 heavy (non-hydrogen) atoms. The van der Waals surface area contributed by atoms with E-state index in [2.05, 4.69) is 0 Å². The van der Waals surface area contributed by atoms with Crippen LogP contribution in [0.5, 0.6) is 0 Å². The van der Waals surface area contributed by atoms with Gasteiger partial charge in [-0.25, -0.2) is 0 Å². The summed E-state index contributed by atoms with van der Waals surface area (Å²) < 4.78 is 41.8. The number of alkyl halides is 3. The summed E-state index contributed by atoms with van der Waals surface area (Å²) in [5, 5.41) is 3.30. The molecule has 3 aromatic heterocycles. The van der Waals surface area contributed by atoms with E-state index >= 15 is 0 Å². The van der Waals surface area contributed by atoms with Crippen LogP contribution in [-0.2, 0) is 6.18 Å². The quantitative estimate of drug-likeness (QED) is 0.266. The highest BCUT2D eigenvalue weighted by Gasteiger charge is 2.32. The van der Waals surface area contributed by atoms with Crippen LogP contribution in [0.4, 0.5) is 13.2 Å². The van der Waals surface area contributed by atoms with Crippen LogP contribution in [-0.4, -0.2) is 4.40 Å². The minimum Gasteiger partial charge on any atom is -0.307 e. The van der Waals surface area contributed by atoms with E-state index in [1.807, 2.05) is 36.4 Å². The number of benzene rings is 3. The van der Waals surface area contributed by atoms with Crippen LogP contribution in [0.25, 0.3) is 48.9 Å². The monoisotopic (exact) mass is 389 g/mol. The zero-order chi connectivity index (χ0) is 20.1. The molecule has 0 fully saturated rings. The molecule has 0 amide bonds. The van der Waals surface area contributed by atoms with Gasteiger partial charge in [-0.3, -0.25) is 9.59 Å². The van der Waals surface area contributed by atoms with Gasteiger partial charge in [-0.2, -0.15) is 13.2 Å². The number of halogens is 3. The Kier molecular flexibility index (Phi) is 2.82. The third-order valence-corrected chi connectivity index (χ3v) is 5.67. The molecule has 0 aliphatic rings. The van der Waals surface area contributed by atoms with Crippen molar-refractivity contribution in [2.45, 2.75) is 6.18 Å². The highest BCUT2D eigenvalue weighted by atomic mass is 19.4. The summed E-state index contributed by atoms with van der Waals surface area (Å²) in [6.07, 6.45) is -4.65. The van der Waals surface area contributed by atoms with E-state index in [0.717, 1.165) is 33.7 Å². The van der Waals surface area contributed by atoms with Crippen molar-refractivity contribution >= 4 is 48.9 Å². The van der Waals surface area contributed by atoms with Crippen LogP contribution in [0.1, 0.15) is 5.56 Å². The SMILES string of the molecule is O=c1cc2c3cccc4cccc(c43)c3cc(=O)c4cc(C(F)(F)F)cc1c4n23. The van der Waals surface area contributed by atoms with Crippen LogP contribution in [0.15, 0.2) is 70.3 Å². The third-order valence-electron chi connectivity index (χ3n) is 5.67. The second kappa shape index (κ2) is 5.03. The molecule has 0 N–H and O–H groups in total. The summed E-state index contributed by atoms with van der Waals surface area (Å²) in [5.41, 5.74) is -0.693. The summed E-state index contributed by atoms with van der Waals surface area (Å²) >= 11 is 0. The Hall–Kier alpha value is -3.67. The van der Waals surface area contributed by atoms with Gasteiger partial charge in [-0.15, -0.1) is 0 Å². The first kappa shape index (κ1) is 16.3. The second-order valence-electron chi connectivity index (χ2n) is 7.25. The van der Waals surface area contributed by atoms with Gasteiger partial charge in [0.1, 0.15) is 0 Å². The predicted molar refractivity (Wildman–Crippen MR) is 107 cm³/mol. The van der Waals surface area contributed by atoms with Crippen LogP contribution in [0, 0.1) is 0 Å². The molecule has 6 aromatic rings. The maximum atomic E-state index is 13.4. The molecule has 0 atom stereocenters. The minimum absolute atomic E-state index is 0.107. The van der Waals surface area contributed by atoms with Gasteiger partial charge in [0.15, 0.2) is 10.9 Å². The summed E-state index contributed by atoms with van der Waals surface area (Å²) in [5.74, 6) is 0. The first-order valence-corrected chi connectivity index (χ1v) is 8.94. The van der Waals surface area contributed by atoms with E-state index in [1.54, 1.807) is 4.40 Å². The van der Waals surface area contributed by atoms with Crippen molar-refractivity contribution in [3.05, 3.63) is 86.7 Å². The normalized spacial score (nSPS) is 12.9. The third kappa shape index (κ3) is 1.98. The second-order valence-corrected chi connectivity index (χ2v) is 7.25. The average molecular weight is 389 g/mol. The summed E-state index contributed by atoms with van der Waals surface area (Å²) in [7, 11) is 0.